The summed E-state index contributed by atoms with van der Waals surface area (Å²) in [5, 5.41) is -0.684. The minimum absolute atomic E-state index is 0.155. The van der Waals surface area contributed by atoms with Crippen LogP contribution in [0.15, 0.2) is 24.3 Å². The molecule has 0 saturated heterocycles. The summed E-state index contributed by atoms with van der Waals surface area (Å²) < 4.78 is 4.49. The molecule has 0 radical (unpaired) electrons. The van der Waals surface area contributed by atoms with Gasteiger partial charge in [0, 0.05) is 12.0 Å². The van der Waals surface area contributed by atoms with Crippen molar-refractivity contribution in [1.29, 1.82) is 0 Å². The van der Waals surface area contributed by atoms with Crippen molar-refractivity contribution in [3.05, 3.63) is 35.4 Å². The number of aryl methyl sites for hydroxylation is 1. The van der Waals surface area contributed by atoms with Crippen LogP contribution in [0, 0.1) is 6.92 Å². The lowest BCUT2D eigenvalue weighted by Crippen LogP contribution is -2.16. The van der Waals surface area contributed by atoms with Gasteiger partial charge in [-0.15, -0.1) is 11.6 Å². The number of benzene rings is 1. The molecule has 3 nitrogen and oxygen atoms in total. The van der Waals surface area contributed by atoms with Crippen LogP contribution < -0.4 is 0 Å². The van der Waals surface area contributed by atoms with Gasteiger partial charge >= 0.3 is 5.97 Å². The second kappa shape index (κ2) is 6.40. The van der Waals surface area contributed by atoms with Gasteiger partial charge in [-0.05, 0) is 13.3 Å². The zero-order valence-electron chi connectivity index (χ0n) is 9.90. The summed E-state index contributed by atoms with van der Waals surface area (Å²) in [7, 11) is 1.31. The van der Waals surface area contributed by atoms with Crippen LogP contribution in [0.4, 0.5) is 0 Å². The molecule has 0 amide bonds. The molecule has 0 spiro atoms. The van der Waals surface area contributed by atoms with Crippen LogP contribution in [0.25, 0.3) is 0 Å². The Hall–Kier alpha value is -1.35. The van der Waals surface area contributed by atoms with Crippen LogP contribution in [0.5, 0.6) is 0 Å². The molecule has 1 aromatic rings. The zero-order valence-corrected chi connectivity index (χ0v) is 10.7. The number of hydrogen-bond acceptors (Lipinski definition) is 3. The molecule has 0 bridgehead atoms. The number of halogens is 1. The van der Waals surface area contributed by atoms with Crippen LogP contribution in [0.2, 0.25) is 0 Å². The van der Waals surface area contributed by atoms with Gasteiger partial charge in [0.1, 0.15) is 0 Å². The maximum Gasteiger partial charge on any atom is 0.305 e. The Morgan fingerprint density at radius 1 is 1.29 bits per heavy atom. The second-order valence-electron chi connectivity index (χ2n) is 3.81. The highest BCUT2D eigenvalue weighted by atomic mass is 35.5. The van der Waals surface area contributed by atoms with E-state index in [4.69, 9.17) is 11.6 Å². The molecule has 1 rings (SSSR count). The molecule has 0 aliphatic rings. The molecule has 0 saturated carbocycles. The molecule has 92 valence electrons. The number of carbonyl (C=O) groups is 2. The Morgan fingerprint density at radius 2 is 1.88 bits per heavy atom. The Morgan fingerprint density at radius 3 is 2.41 bits per heavy atom. The summed E-state index contributed by atoms with van der Waals surface area (Å²) in [5.74, 6) is -0.511. The first kappa shape index (κ1) is 13.7. The predicted octanol–water partition coefficient (Wildman–Crippen LogP) is 2.74. The topological polar surface area (TPSA) is 43.4 Å². The fourth-order valence-corrected chi connectivity index (χ4v) is 1.61. The molecule has 1 atom stereocenters. The number of ketones is 1. The molecule has 0 aliphatic carbocycles. The molecule has 0 heterocycles. The Kier molecular flexibility index (Phi) is 5.16. The molecule has 1 unspecified atom stereocenters. The lowest BCUT2D eigenvalue weighted by Gasteiger charge is -2.07. The number of esters is 1. The van der Waals surface area contributed by atoms with E-state index >= 15 is 0 Å². The normalized spacial score (nSPS) is 11.9. The predicted molar refractivity (Wildman–Crippen MR) is 66.4 cm³/mol. The minimum atomic E-state index is -0.684. The molecular weight excluding hydrogens is 240 g/mol. The monoisotopic (exact) mass is 254 g/mol. The minimum Gasteiger partial charge on any atom is -0.469 e. The van der Waals surface area contributed by atoms with E-state index in [1.165, 1.54) is 7.11 Å². The van der Waals surface area contributed by atoms with E-state index in [1.54, 1.807) is 12.1 Å². The average molecular weight is 255 g/mol. The highest BCUT2D eigenvalue weighted by molar-refractivity contribution is 6.33. The molecule has 0 aromatic heterocycles. The zero-order chi connectivity index (χ0) is 12.8. The highest BCUT2D eigenvalue weighted by Gasteiger charge is 2.18. The molecule has 0 N–H and O–H groups in total. The Balaban J connectivity index is 2.57. The van der Waals surface area contributed by atoms with Crippen LogP contribution in [0.1, 0.15) is 28.8 Å². The summed E-state index contributed by atoms with van der Waals surface area (Å²) >= 11 is 5.95. The van der Waals surface area contributed by atoms with Gasteiger partial charge in [0.05, 0.1) is 12.5 Å². The van der Waals surface area contributed by atoms with Gasteiger partial charge in [-0.25, -0.2) is 0 Å². The van der Waals surface area contributed by atoms with Gasteiger partial charge in [0.25, 0.3) is 0 Å². The van der Waals surface area contributed by atoms with Gasteiger partial charge in [-0.2, -0.15) is 0 Å². The molecule has 4 heteroatoms. The lowest BCUT2D eigenvalue weighted by atomic mass is 10.0. The van der Waals surface area contributed by atoms with E-state index in [9.17, 15) is 9.59 Å². The van der Waals surface area contributed by atoms with Gasteiger partial charge in [0.15, 0.2) is 5.78 Å². The van der Waals surface area contributed by atoms with Gasteiger partial charge < -0.3 is 4.74 Å². The summed E-state index contributed by atoms with van der Waals surface area (Å²) in [4.78, 5) is 22.8. The summed E-state index contributed by atoms with van der Waals surface area (Å²) in [6.45, 7) is 1.95. The van der Waals surface area contributed by atoms with Gasteiger partial charge in [-0.1, -0.05) is 29.8 Å². The smallest absolute Gasteiger partial charge is 0.305 e. The largest absolute Gasteiger partial charge is 0.469 e. The van der Waals surface area contributed by atoms with Gasteiger partial charge in [0.2, 0.25) is 0 Å². The van der Waals surface area contributed by atoms with Gasteiger partial charge in [-0.3, -0.25) is 9.59 Å². The highest BCUT2D eigenvalue weighted by Crippen LogP contribution is 2.14. The number of rotatable bonds is 5. The van der Waals surface area contributed by atoms with Crippen LogP contribution in [-0.4, -0.2) is 24.2 Å². The van der Waals surface area contributed by atoms with E-state index in [2.05, 4.69) is 4.74 Å². The summed E-state index contributed by atoms with van der Waals surface area (Å²) in [6, 6.07) is 7.20. The first-order chi connectivity index (χ1) is 8.04. The molecule has 0 aliphatic heterocycles. The van der Waals surface area contributed by atoms with Crippen molar-refractivity contribution < 1.29 is 14.3 Å². The van der Waals surface area contributed by atoms with Crippen molar-refractivity contribution in [1.82, 2.24) is 0 Å². The number of carbonyl (C=O) groups excluding carboxylic acids is 2. The van der Waals surface area contributed by atoms with Crippen LogP contribution >= 0.6 is 11.6 Å². The number of alkyl halides is 1. The molecule has 1 aromatic carbocycles. The van der Waals surface area contributed by atoms with E-state index in [1.807, 2.05) is 19.1 Å². The third-order valence-electron chi connectivity index (χ3n) is 2.45. The van der Waals surface area contributed by atoms with E-state index in [-0.39, 0.29) is 18.2 Å². The Labute approximate surface area is 106 Å². The van der Waals surface area contributed by atoms with E-state index < -0.39 is 5.38 Å². The Bertz CT molecular complexity index is 398. The number of Topliss-reactive ketones (excluding diaryl/α,β-unsaturated/α-hetero) is 1. The van der Waals surface area contributed by atoms with Crippen molar-refractivity contribution in [3.8, 4) is 0 Å². The number of ether oxygens (including phenoxy) is 1. The average Bonchev–Trinajstić information content (AvgIpc) is 2.35. The summed E-state index contributed by atoms with van der Waals surface area (Å²) in [5.41, 5.74) is 1.66. The summed E-state index contributed by atoms with van der Waals surface area (Å²) in [6.07, 6.45) is 0.448. The molecule has 17 heavy (non-hydrogen) atoms. The third kappa shape index (κ3) is 4.19. The standard InChI is InChI=1S/C13H15ClO3/c1-9-3-5-10(6-4-9)13(16)11(14)7-8-12(15)17-2/h3-6,11H,7-8H2,1-2H3. The maximum atomic E-state index is 11.9. The fraction of sp³-hybridized carbons (Fsp3) is 0.385. The lowest BCUT2D eigenvalue weighted by molar-refractivity contribution is -0.140. The molecule has 0 fully saturated rings. The first-order valence-electron chi connectivity index (χ1n) is 5.36. The van der Waals surface area contributed by atoms with Crippen molar-refractivity contribution in [3.63, 3.8) is 0 Å². The third-order valence-corrected chi connectivity index (χ3v) is 2.87. The van der Waals surface area contributed by atoms with E-state index in [0.29, 0.717) is 12.0 Å². The second-order valence-corrected chi connectivity index (χ2v) is 4.34. The quantitative estimate of drug-likeness (QED) is 0.461. The molecular formula is C13H15ClO3. The number of methoxy groups -OCH3 is 1. The number of hydrogen-bond donors (Lipinski definition) is 0. The van der Waals surface area contributed by atoms with Crippen molar-refractivity contribution in [2.45, 2.75) is 25.1 Å². The maximum absolute atomic E-state index is 11.9. The fourth-order valence-electron chi connectivity index (χ4n) is 1.38. The van der Waals surface area contributed by atoms with Crippen molar-refractivity contribution in [2.75, 3.05) is 7.11 Å². The van der Waals surface area contributed by atoms with Crippen LogP contribution in [0.3, 0.4) is 0 Å². The van der Waals surface area contributed by atoms with Crippen molar-refractivity contribution in [2.24, 2.45) is 0 Å². The van der Waals surface area contributed by atoms with E-state index in [0.717, 1.165) is 5.56 Å². The first-order valence-corrected chi connectivity index (χ1v) is 5.80. The van der Waals surface area contributed by atoms with Crippen molar-refractivity contribution >= 4 is 23.4 Å². The van der Waals surface area contributed by atoms with Crippen LogP contribution in [-0.2, 0) is 9.53 Å². The SMILES string of the molecule is COC(=O)CCC(Cl)C(=O)c1ccc(C)cc1.